The van der Waals surface area contributed by atoms with Crippen LogP contribution in [0.2, 0.25) is 0 Å². The highest BCUT2D eigenvalue weighted by atomic mass is 16.3. The molecule has 23 heavy (non-hydrogen) atoms. The molecule has 0 aromatic heterocycles. The van der Waals surface area contributed by atoms with E-state index in [1.165, 1.54) is 19.3 Å². The minimum Gasteiger partial charge on any atom is -0.392 e. The van der Waals surface area contributed by atoms with Gasteiger partial charge in [-0.2, -0.15) is 0 Å². The van der Waals surface area contributed by atoms with E-state index in [1.807, 2.05) is 6.92 Å². The third-order valence-electron chi connectivity index (χ3n) is 5.28. The number of carbonyl (C=O) groups excluding carboxylic acids is 1. The Kier molecular flexibility index (Phi) is 7.80. The van der Waals surface area contributed by atoms with E-state index in [0.717, 1.165) is 52.0 Å². The molecule has 134 valence electrons. The normalized spacial score (nSPS) is 26.1. The Bertz CT molecular complexity index is 356. The number of hydrogen-bond donors (Lipinski definition) is 2. The predicted octanol–water partition coefficient (Wildman–Crippen LogP) is 1.60. The number of aliphatic hydroxyl groups is 1. The van der Waals surface area contributed by atoms with Gasteiger partial charge >= 0.3 is 0 Å². The van der Waals surface area contributed by atoms with E-state index in [-0.39, 0.29) is 12.0 Å². The van der Waals surface area contributed by atoms with Crippen molar-refractivity contribution >= 4 is 5.91 Å². The molecule has 1 amide bonds. The summed E-state index contributed by atoms with van der Waals surface area (Å²) in [4.78, 5) is 16.9. The second-order valence-electron chi connectivity index (χ2n) is 7.36. The van der Waals surface area contributed by atoms with Gasteiger partial charge in [-0.25, -0.2) is 0 Å². The molecule has 2 rings (SSSR count). The van der Waals surface area contributed by atoms with Gasteiger partial charge in [-0.15, -0.1) is 0 Å². The van der Waals surface area contributed by atoms with E-state index in [1.54, 1.807) is 0 Å². The van der Waals surface area contributed by atoms with Gasteiger partial charge < -0.3 is 10.4 Å². The zero-order chi connectivity index (χ0) is 16.7. The number of rotatable bonds is 7. The summed E-state index contributed by atoms with van der Waals surface area (Å²) in [6.07, 6.45) is 7.59. The largest absolute Gasteiger partial charge is 0.392 e. The second-order valence-corrected chi connectivity index (χ2v) is 7.36. The number of aliphatic hydroxyl groups excluding tert-OH is 1. The van der Waals surface area contributed by atoms with Gasteiger partial charge in [-0.3, -0.25) is 14.6 Å². The fourth-order valence-electron chi connectivity index (χ4n) is 3.93. The maximum absolute atomic E-state index is 12.1. The molecule has 2 atom stereocenters. The van der Waals surface area contributed by atoms with Crippen molar-refractivity contribution in [2.45, 2.75) is 77.0 Å². The lowest BCUT2D eigenvalue weighted by atomic mass is 9.95. The minimum absolute atomic E-state index is 0.219. The molecule has 1 aliphatic carbocycles. The first-order valence-electron chi connectivity index (χ1n) is 9.52. The Morgan fingerprint density at radius 2 is 2.00 bits per heavy atom. The number of β-amino-alcohol motifs (C(OH)–C–C–N with tert-alkyl or cyclic N) is 1. The van der Waals surface area contributed by atoms with E-state index in [0.29, 0.717) is 18.5 Å². The number of piperazine rings is 1. The predicted molar refractivity (Wildman–Crippen MR) is 93.4 cm³/mol. The van der Waals surface area contributed by atoms with Crippen molar-refractivity contribution < 1.29 is 9.90 Å². The third-order valence-corrected chi connectivity index (χ3v) is 5.28. The molecule has 1 saturated heterocycles. The first kappa shape index (κ1) is 18.7. The lowest BCUT2D eigenvalue weighted by molar-refractivity contribution is -0.122. The maximum Gasteiger partial charge on any atom is 0.221 e. The Morgan fingerprint density at radius 3 is 2.65 bits per heavy atom. The van der Waals surface area contributed by atoms with Crippen molar-refractivity contribution in [1.82, 2.24) is 15.1 Å². The molecule has 2 aliphatic rings. The van der Waals surface area contributed by atoms with Gasteiger partial charge in [-0.1, -0.05) is 26.2 Å². The fraction of sp³-hybridized carbons (Fsp3) is 0.944. The van der Waals surface area contributed by atoms with E-state index < -0.39 is 0 Å². The molecule has 0 unspecified atom stereocenters. The first-order valence-corrected chi connectivity index (χ1v) is 9.52. The van der Waals surface area contributed by atoms with Crippen molar-refractivity contribution in [3.63, 3.8) is 0 Å². The third kappa shape index (κ3) is 6.40. The summed E-state index contributed by atoms with van der Waals surface area (Å²) >= 11 is 0. The Balaban J connectivity index is 1.68. The number of hydrogen-bond acceptors (Lipinski definition) is 4. The fourth-order valence-corrected chi connectivity index (χ4v) is 3.93. The monoisotopic (exact) mass is 325 g/mol. The highest BCUT2D eigenvalue weighted by Crippen LogP contribution is 2.17. The number of amides is 1. The summed E-state index contributed by atoms with van der Waals surface area (Å²) < 4.78 is 0. The Hall–Kier alpha value is -0.650. The topological polar surface area (TPSA) is 55.8 Å². The minimum atomic E-state index is -0.267. The van der Waals surface area contributed by atoms with Crippen molar-refractivity contribution in [2.24, 2.45) is 0 Å². The van der Waals surface area contributed by atoms with Crippen LogP contribution in [0.15, 0.2) is 0 Å². The molecule has 1 saturated carbocycles. The van der Waals surface area contributed by atoms with E-state index in [9.17, 15) is 9.90 Å². The number of carbonyl (C=O) groups is 1. The Labute approximate surface area is 141 Å². The highest BCUT2D eigenvalue weighted by Gasteiger charge is 2.26. The number of nitrogens with one attached hydrogen (secondary N) is 1. The van der Waals surface area contributed by atoms with Crippen molar-refractivity contribution in [3.05, 3.63) is 0 Å². The van der Waals surface area contributed by atoms with E-state index >= 15 is 0 Å². The Morgan fingerprint density at radius 1 is 1.26 bits per heavy atom. The van der Waals surface area contributed by atoms with E-state index in [2.05, 4.69) is 22.0 Å². The van der Waals surface area contributed by atoms with Crippen LogP contribution in [0, 0.1) is 0 Å². The van der Waals surface area contributed by atoms with Crippen LogP contribution < -0.4 is 5.32 Å². The highest BCUT2D eigenvalue weighted by molar-refractivity contribution is 5.76. The summed E-state index contributed by atoms with van der Waals surface area (Å²) in [7, 11) is 0. The van der Waals surface area contributed by atoms with Crippen LogP contribution in [0.5, 0.6) is 0 Å². The van der Waals surface area contributed by atoms with Crippen molar-refractivity contribution in [1.29, 1.82) is 0 Å². The zero-order valence-electron chi connectivity index (χ0n) is 15.0. The molecule has 0 spiro atoms. The molecule has 0 aromatic rings. The van der Waals surface area contributed by atoms with Crippen LogP contribution in [0.3, 0.4) is 0 Å². The molecule has 0 aromatic carbocycles. The lowest BCUT2D eigenvalue weighted by Crippen LogP contribution is -2.54. The van der Waals surface area contributed by atoms with Gasteiger partial charge in [0.15, 0.2) is 0 Å². The molecule has 0 bridgehead atoms. The molecule has 1 heterocycles. The zero-order valence-corrected chi connectivity index (χ0v) is 15.0. The molecule has 2 N–H and O–H groups in total. The summed E-state index contributed by atoms with van der Waals surface area (Å²) in [5, 5.41) is 12.8. The summed E-state index contributed by atoms with van der Waals surface area (Å²) in [6.45, 7) is 8.69. The molecule has 5 nitrogen and oxygen atoms in total. The maximum atomic E-state index is 12.1. The standard InChI is InChI=1S/C18H35N3O2/c1-3-17-14-20(11-12-21(17)13-15(2)22)10-9-18(23)19-16-7-5-4-6-8-16/h15-17,22H,3-14H2,1-2H3,(H,19,23)/t15-,17-/m1/s1. The molecule has 1 aliphatic heterocycles. The van der Waals surface area contributed by atoms with Crippen LogP contribution in [0.25, 0.3) is 0 Å². The second kappa shape index (κ2) is 9.60. The van der Waals surface area contributed by atoms with Crippen molar-refractivity contribution in [3.8, 4) is 0 Å². The average Bonchev–Trinajstić information content (AvgIpc) is 2.54. The van der Waals surface area contributed by atoms with Gasteiger partial charge in [-0.05, 0) is 26.2 Å². The molecule has 2 fully saturated rings. The quantitative estimate of drug-likeness (QED) is 0.746. The van der Waals surface area contributed by atoms with Crippen LogP contribution in [-0.2, 0) is 4.79 Å². The smallest absolute Gasteiger partial charge is 0.221 e. The van der Waals surface area contributed by atoms with E-state index in [4.69, 9.17) is 0 Å². The number of nitrogens with zero attached hydrogens (tertiary/aromatic N) is 2. The first-order chi connectivity index (χ1) is 11.1. The lowest BCUT2D eigenvalue weighted by Gasteiger charge is -2.41. The SMILES string of the molecule is CC[C@@H]1CN(CCC(=O)NC2CCCCC2)CCN1C[C@@H](C)O. The molecule has 5 heteroatoms. The van der Waals surface area contributed by atoms with Crippen molar-refractivity contribution in [2.75, 3.05) is 32.7 Å². The van der Waals surface area contributed by atoms with Gasteiger partial charge in [0, 0.05) is 51.2 Å². The molecular formula is C18H35N3O2. The molecule has 0 radical (unpaired) electrons. The van der Waals surface area contributed by atoms with Crippen LogP contribution in [-0.4, -0.2) is 71.7 Å². The van der Waals surface area contributed by atoms with Gasteiger partial charge in [0.05, 0.1) is 6.10 Å². The van der Waals surface area contributed by atoms with Gasteiger partial charge in [0.2, 0.25) is 5.91 Å². The summed E-state index contributed by atoms with van der Waals surface area (Å²) in [5.74, 6) is 0.219. The van der Waals surface area contributed by atoms with Gasteiger partial charge in [0.1, 0.15) is 0 Å². The summed E-state index contributed by atoms with van der Waals surface area (Å²) in [6, 6.07) is 0.919. The van der Waals surface area contributed by atoms with Crippen LogP contribution >= 0.6 is 0 Å². The van der Waals surface area contributed by atoms with Crippen LogP contribution in [0.4, 0.5) is 0 Å². The average molecular weight is 325 g/mol. The molecular weight excluding hydrogens is 290 g/mol. The van der Waals surface area contributed by atoms with Gasteiger partial charge in [0.25, 0.3) is 0 Å². The van der Waals surface area contributed by atoms with Crippen LogP contribution in [0.1, 0.15) is 58.8 Å². The summed E-state index contributed by atoms with van der Waals surface area (Å²) in [5.41, 5.74) is 0.